The van der Waals surface area contributed by atoms with Gasteiger partial charge in [0.25, 0.3) is 0 Å². The van der Waals surface area contributed by atoms with Crippen molar-refractivity contribution in [2.75, 3.05) is 17.2 Å². The van der Waals surface area contributed by atoms with Gasteiger partial charge in [0.15, 0.2) is 0 Å². The van der Waals surface area contributed by atoms with E-state index >= 15 is 8.78 Å². The third-order valence-electron chi connectivity index (χ3n) is 5.74. The summed E-state index contributed by atoms with van der Waals surface area (Å²) in [5.74, 6) is -0.290. The predicted molar refractivity (Wildman–Crippen MR) is 152 cm³/mol. The van der Waals surface area contributed by atoms with E-state index in [1.807, 2.05) is 0 Å². The molecule has 0 fully saturated rings. The topological polar surface area (TPSA) is 85.9 Å². The third-order valence-corrected chi connectivity index (χ3v) is 7.58. The summed E-state index contributed by atoms with van der Waals surface area (Å²) < 4.78 is 101. The van der Waals surface area contributed by atoms with Crippen LogP contribution in [0.3, 0.4) is 0 Å². The van der Waals surface area contributed by atoms with E-state index in [-0.39, 0.29) is 35.2 Å². The van der Waals surface area contributed by atoms with Crippen molar-refractivity contribution in [2.45, 2.75) is 25.2 Å². The third kappa shape index (κ3) is 8.04. The summed E-state index contributed by atoms with van der Waals surface area (Å²) in [6.45, 7) is 1.95. The normalized spacial score (nSPS) is 11.9. The second-order valence-electron chi connectivity index (χ2n) is 9.10. The van der Waals surface area contributed by atoms with Crippen LogP contribution in [0, 0.1) is 0 Å². The summed E-state index contributed by atoms with van der Waals surface area (Å²) in [5.41, 5.74) is -6.08. The highest BCUT2D eigenvalue weighted by atomic mass is 31.2. The van der Waals surface area contributed by atoms with Crippen LogP contribution in [-0.2, 0) is 16.4 Å². The lowest BCUT2D eigenvalue weighted by Gasteiger charge is -2.27. The average molecular weight is 621 g/mol. The van der Waals surface area contributed by atoms with Gasteiger partial charge in [-0.05, 0) is 55.0 Å². The van der Waals surface area contributed by atoms with Crippen LogP contribution in [0.4, 0.5) is 38.1 Å². The number of amides is 2. The number of halogens is 5. The molecule has 0 aliphatic heterocycles. The second kappa shape index (κ2) is 13.2. The van der Waals surface area contributed by atoms with Gasteiger partial charge in [0, 0.05) is 23.0 Å². The van der Waals surface area contributed by atoms with Gasteiger partial charge < -0.3 is 24.4 Å². The first kappa shape index (κ1) is 31.4. The molecule has 13 heteroatoms. The summed E-state index contributed by atoms with van der Waals surface area (Å²) in [5, 5.41) is 4.64. The number of rotatable bonds is 11. The van der Waals surface area contributed by atoms with Crippen molar-refractivity contribution in [3.05, 3.63) is 114 Å². The molecule has 0 atom stereocenters. The molecule has 0 aliphatic carbocycles. The summed E-state index contributed by atoms with van der Waals surface area (Å²) >= 11 is 0. The largest absolute Gasteiger partial charge is 0.504 e. The van der Waals surface area contributed by atoms with Crippen LogP contribution < -0.4 is 24.4 Å². The fourth-order valence-corrected chi connectivity index (χ4v) is 5.25. The van der Waals surface area contributed by atoms with E-state index in [4.69, 9.17) is 13.8 Å². The molecule has 2 N–H and O–H groups in total. The molecule has 4 rings (SSSR count). The Morgan fingerprint density at radius 1 is 0.698 bits per heavy atom. The number of alkyl halides is 5. The Morgan fingerprint density at radius 2 is 1.23 bits per heavy atom. The fourth-order valence-electron chi connectivity index (χ4n) is 3.72. The number of anilines is 2. The van der Waals surface area contributed by atoms with Gasteiger partial charge in [-0.3, -0.25) is 0 Å². The first-order valence-electron chi connectivity index (χ1n) is 12.9. The van der Waals surface area contributed by atoms with Gasteiger partial charge in [-0.2, -0.15) is 22.0 Å². The number of hydrogen-bond acceptors (Lipinski definition) is 5. The molecule has 0 unspecified atom stereocenters. The molecular weight excluding hydrogens is 594 g/mol. The molecular formula is C30H26F5N2O5P. The van der Waals surface area contributed by atoms with Crippen molar-refractivity contribution >= 4 is 25.0 Å². The highest BCUT2D eigenvalue weighted by Gasteiger charge is 2.58. The zero-order valence-corrected chi connectivity index (χ0v) is 23.5. The van der Waals surface area contributed by atoms with E-state index < -0.39 is 36.6 Å². The Balaban J connectivity index is 1.53. The minimum Gasteiger partial charge on any atom is -0.494 e. The maximum atomic E-state index is 15.8. The molecule has 0 radical (unpaired) electrons. The number of carbonyl (C=O) groups excluding carboxylic acids is 1. The van der Waals surface area contributed by atoms with Gasteiger partial charge in [0.2, 0.25) is 0 Å². The van der Waals surface area contributed by atoms with Crippen LogP contribution in [0.2, 0.25) is 0 Å². The molecule has 0 aromatic heterocycles. The van der Waals surface area contributed by atoms with Crippen molar-refractivity contribution in [3.8, 4) is 17.2 Å². The molecule has 4 aromatic carbocycles. The van der Waals surface area contributed by atoms with Gasteiger partial charge >= 0.3 is 25.5 Å². The Hall–Kier alpha value is -4.57. The molecule has 0 bridgehead atoms. The summed E-state index contributed by atoms with van der Waals surface area (Å²) in [4.78, 5) is 12.5. The molecule has 0 heterocycles. The number of urea groups is 1. The van der Waals surface area contributed by atoms with Gasteiger partial charge in [0.1, 0.15) is 17.2 Å². The Labute approximate surface area is 244 Å². The van der Waals surface area contributed by atoms with E-state index in [0.29, 0.717) is 6.42 Å². The number of para-hydroxylation sites is 2. The van der Waals surface area contributed by atoms with Crippen molar-refractivity contribution in [3.63, 3.8) is 0 Å². The van der Waals surface area contributed by atoms with E-state index in [0.717, 1.165) is 36.4 Å². The van der Waals surface area contributed by atoms with Crippen molar-refractivity contribution in [2.24, 2.45) is 0 Å². The predicted octanol–water partition coefficient (Wildman–Crippen LogP) is 9.54. The molecule has 0 aliphatic rings. The monoisotopic (exact) mass is 620 g/mol. The lowest BCUT2D eigenvalue weighted by Crippen LogP contribution is -2.22. The molecule has 7 nitrogen and oxygen atoms in total. The van der Waals surface area contributed by atoms with Crippen LogP contribution in [-0.4, -0.2) is 12.6 Å². The van der Waals surface area contributed by atoms with Crippen LogP contribution in [0.15, 0.2) is 103 Å². The number of nitrogens with one attached hydrogen (secondary N) is 2. The number of benzene rings is 4. The minimum atomic E-state index is -5.24. The molecule has 2 amide bonds. The highest BCUT2D eigenvalue weighted by Crippen LogP contribution is 2.65. The Bertz CT molecular complexity index is 1520. The van der Waals surface area contributed by atoms with E-state index in [1.54, 1.807) is 19.1 Å². The number of hydrogen-bond donors (Lipinski definition) is 2. The van der Waals surface area contributed by atoms with Crippen molar-refractivity contribution in [1.82, 2.24) is 0 Å². The standard InChI is InChI=1S/C30H26F5N2O5P/c1-2-17-40-27-19-22(29(31,32)33)18-24(20-27)37-28(38)36-23-15-13-21(14-16-23)30(34,35)43(39,41-25-9-5-3-6-10-25)42-26-11-7-4-8-12-26/h3-16,18-20H,2,17H2,1H3,(H2,36,37,38). The summed E-state index contributed by atoms with van der Waals surface area (Å²) in [6.07, 6.45) is -4.13. The van der Waals surface area contributed by atoms with Crippen molar-refractivity contribution in [1.29, 1.82) is 0 Å². The zero-order valence-electron chi connectivity index (χ0n) is 22.6. The van der Waals surface area contributed by atoms with E-state index in [1.165, 1.54) is 54.6 Å². The molecule has 0 saturated heterocycles. The summed E-state index contributed by atoms with van der Waals surface area (Å²) in [6, 6.07) is 20.6. The van der Waals surface area contributed by atoms with Gasteiger partial charge in [-0.1, -0.05) is 55.5 Å². The van der Waals surface area contributed by atoms with Gasteiger partial charge in [-0.25, -0.2) is 9.36 Å². The zero-order chi connectivity index (χ0) is 31.1. The SMILES string of the molecule is CCCOc1cc(NC(=O)Nc2ccc(C(F)(F)P(=O)(Oc3ccccc3)Oc3ccccc3)cc2)cc(C(F)(F)F)c1. The van der Waals surface area contributed by atoms with Gasteiger partial charge in [-0.15, -0.1) is 0 Å². The van der Waals surface area contributed by atoms with Crippen LogP contribution in [0.5, 0.6) is 17.2 Å². The second-order valence-corrected chi connectivity index (χ2v) is 11.0. The van der Waals surface area contributed by atoms with E-state index in [9.17, 15) is 22.5 Å². The molecule has 4 aromatic rings. The van der Waals surface area contributed by atoms with Gasteiger partial charge in [0.05, 0.1) is 12.2 Å². The maximum Gasteiger partial charge on any atom is 0.504 e. The molecule has 43 heavy (non-hydrogen) atoms. The van der Waals surface area contributed by atoms with Crippen molar-refractivity contribution < 1.29 is 45.1 Å². The molecule has 226 valence electrons. The summed E-state index contributed by atoms with van der Waals surface area (Å²) in [7, 11) is -5.24. The molecule has 0 saturated carbocycles. The fraction of sp³-hybridized carbons (Fsp3) is 0.167. The first-order valence-corrected chi connectivity index (χ1v) is 14.4. The van der Waals surface area contributed by atoms with Crippen LogP contribution >= 0.6 is 7.60 Å². The minimum absolute atomic E-state index is 0.0225. The molecule has 0 spiro atoms. The van der Waals surface area contributed by atoms with E-state index in [2.05, 4.69) is 10.6 Å². The Morgan fingerprint density at radius 3 is 1.74 bits per heavy atom. The van der Waals surface area contributed by atoms with Crippen LogP contribution in [0.25, 0.3) is 0 Å². The first-order chi connectivity index (χ1) is 20.4. The van der Waals surface area contributed by atoms with Crippen LogP contribution in [0.1, 0.15) is 24.5 Å². The maximum absolute atomic E-state index is 15.8. The quantitative estimate of drug-likeness (QED) is 0.129. The lowest BCUT2D eigenvalue weighted by molar-refractivity contribution is -0.137. The highest BCUT2D eigenvalue weighted by molar-refractivity contribution is 7.55. The number of ether oxygens (including phenoxy) is 1. The number of carbonyl (C=O) groups is 1. The smallest absolute Gasteiger partial charge is 0.494 e. The Kier molecular flexibility index (Phi) is 9.60. The average Bonchev–Trinajstić information content (AvgIpc) is 2.96. The lowest BCUT2D eigenvalue weighted by atomic mass is 10.1.